The predicted octanol–water partition coefficient (Wildman–Crippen LogP) is 4.17. The van der Waals surface area contributed by atoms with Crippen molar-refractivity contribution in [3.8, 4) is 11.7 Å². The van der Waals surface area contributed by atoms with E-state index in [1.54, 1.807) is 11.7 Å². The topological polar surface area (TPSA) is 90.9 Å². The first-order valence-corrected chi connectivity index (χ1v) is 9.60. The van der Waals surface area contributed by atoms with Crippen LogP contribution in [0, 0.1) is 0 Å². The lowest BCUT2D eigenvalue weighted by atomic mass is 10.2. The first kappa shape index (κ1) is 17.9. The van der Waals surface area contributed by atoms with Gasteiger partial charge in [-0.3, -0.25) is 0 Å². The molecule has 5 rings (SSSR count). The zero-order valence-corrected chi connectivity index (χ0v) is 16.4. The minimum Gasteiger partial charge on any atom is -0.494 e. The van der Waals surface area contributed by atoms with E-state index in [9.17, 15) is 0 Å². The molecule has 2 aromatic heterocycles. The quantitative estimate of drug-likeness (QED) is 0.463. The van der Waals surface area contributed by atoms with E-state index in [1.807, 2.05) is 60.7 Å². The largest absolute Gasteiger partial charge is 0.494 e. The van der Waals surface area contributed by atoms with E-state index in [-0.39, 0.29) is 0 Å². The maximum Gasteiger partial charge on any atom is 0.239 e. The van der Waals surface area contributed by atoms with Gasteiger partial charge in [-0.15, -0.1) is 0 Å². The van der Waals surface area contributed by atoms with Crippen LogP contribution in [0.15, 0.2) is 72.8 Å². The van der Waals surface area contributed by atoms with E-state index in [4.69, 9.17) is 20.4 Å². The third-order valence-electron chi connectivity index (χ3n) is 4.99. The monoisotopic (exact) mass is 396 g/mol. The summed E-state index contributed by atoms with van der Waals surface area (Å²) in [6.07, 6.45) is 0. The lowest BCUT2D eigenvalue weighted by molar-refractivity contribution is 0.419. The van der Waals surface area contributed by atoms with Gasteiger partial charge in [-0.2, -0.15) is 4.98 Å². The van der Waals surface area contributed by atoms with Crippen LogP contribution in [0.4, 0.5) is 11.8 Å². The number of benzene rings is 3. The van der Waals surface area contributed by atoms with Gasteiger partial charge in [0.1, 0.15) is 17.1 Å². The van der Waals surface area contributed by atoms with E-state index in [0.717, 1.165) is 22.0 Å². The summed E-state index contributed by atoms with van der Waals surface area (Å²) in [4.78, 5) is 14.0. The van der Waals surface area contributed by atoms with Crippen molar-refractivity contribution in [3.05, 3.63) is 78.4 Å². The lowest BCUT2D eigenvalue weighted by Crippen LogP contribution is -2.10. The Hall–Kier alpha value is -4.13. The average molecular weight is 396 g/mol. The maximum atomic E-state index is 6.24. The van der Waals surface area contributed by atoms with Crippen LogP contribution in [0.5, 0.6) is 5.75 Å². The van der Waals surface area contributed by atoms with Crippen molar-refractivity contribution in [2.24, 2.45) is 0 Å². The number of rotatable bonds is 5. The second kappa shape index (κ2) is 7.36. The van der Waals surface area contributed by atoms with Crippen molar-refractivity contribution >= 4 is 33.7 Å². The van der Waals surface area contributed by atoms with Crippen molar-refractivity contribution < 1.29 is 4.74 Å². The van der Waals surface area contributed by atoms with Crippen LogP contribution >= 0.6 is 0 Å². The molecule has 0 amide bonds. The molecule has 0 spiro atoms. The van der Waals surface area contributed by atoms with E-state index in [1.165, 1.54) is 0 Å². The number of fused-ring (bicyclic) bond motifs is 2. The van der Waals surface area contributed by atoms with E-state index >= 15 is 0 Å². The number of aromatic nitrogens is 4. The number of para-hydroxylation sites is 3. The molecule has 0 saturated carbocycles. The Kier molecular flexibility index (Phi) is 4.40. The van der Waals surface area contributed by atoms with E-state index in [0.29, 0.717) is 35.5 Å². The summed E-state index contributed by atoms with van der Waals surface area (Å²) in [5.41, 5.74) is 9.73. The second-order valence-electron chi connectivity index (χ2n) is 6.86. The summed E-state index contributed by atoms with van der Waals surface area (Å²) in [7, 11) is 1.63. The predicted molar refractivity (Wildman–Crippen MR) is 119 cm³/mol. The Labute approximate surface area is 173 Å². The number of ether oxygens (including phenoxy) is 1. The molecule has 2 heterocycles. The second-order valence-corrected chi connectivity index (χ2v) is 6.86. The molecule has 3 N–H and O–H groups in total. The summed E-state index contributed by atoms with van der Waals surface area (Å²) < 4.78 is 7.32. The highest BCUT2D eigenvalue weighted by atomic mass is 16.5. The van der Waals surface area contributed by atoms with Gasteiger partial charge in [0, 0.05) is 11.9 Å². The van der Waals surface area contributed by atoms with Crippen LogP contribution in [0.1, 0.15) is 5.56 Å². The minimum absolute atomic E-state index is 0.333. The Morgan fingerprint density at radius 2 is 1.70 bits per heavy atom. The molecule has 5 aromatic rings. The van der Waals surface area contributed by atoms with Gasteiger partial charge in [0.25, 0.3) is 0 Å². The zero-order chi connectivity index (χ0) is 20.5. The molecular formula is C23H20N6O. The fraction of sp³-hybridized carbons (Fsp3) is 0.0870. The maximum absolute atomic E-state index is 6.24. The fourth-order valence-corrected chi connectivity index (χ4v) is 3.55. The Morgan fingerprint density at radius 3 is 2.53 bits per heavy atom. The van der Waals surface area contributed by atoms with Crippen molar-refractivity contribution in [1.82, 2.24) is 19.5 Å². The molecule has 148 valence electrons. The van der Waals surface area contributed by atoms with Crippen LogP contribution in [0.3, 0.4) is 0 Å². The molecule has 0 aliphatic heterocycles. The summed E-state index contributed by atoms with van der Waals surface area (Å²) >= 11 is 0. The molecule has 30 heavy (non-hydrogen) atoms. The van der Waals surface area contributed by atoms with Crippen LogP contribution in [-0.2, 0) is 6.54 Å². The molecule has 7 heteroatoms. The highest BCUT2D eigenvalue weighted by molar-refractivity contribution is 5.94. The Bertz CT molecular complexity index is 1350. The molecule has 0 radical (unpaired) electrons. The molecule has 3 aromatic carbocycles. The van der Waals surface area contributed by atoms with E-state index < -0.39 is 0 Å². The number of anilines is 2. The minimum atomic E-state index is 0.333. The fourth-order valence-electron chi connectivity index (χ4n) is 3.55. The molecule has 0 unspecified atom stereocenters. The van der Waals surface area contributed by atoms with Crippen LogP contribution in [0.2, 0.25) is 0 Å². The number of hydrogen-bond donors (Lipinski definition) is 2. The summed E-state index contributed by atoms with van der Waals surface area (Å²) in [6.45, 7) is 0.629. The van der Waals surface area contributed by atoms with Gasteiger partial charge in [-0.05, 0) is 29.8 Å². The smallest absolute Gasteiger partial charge is 0.239 e. The first-order valence-electron chi connectivity index (χ1n) is 9.60. The number of hydrogen-bond acceptors (Lipinski definition) is 6. The zero-order valence-electron chi connectivity index (χ0n) is 16.4. The highest BCUT2D eigenvalue weighted by Gasteiger charge is 2.17. The van der Waals surface area contributed by atoms with Gasteiger partial charge in [0.2, 0.25) is 11.9 Å². The number of nitrogens with zero attached hydrogens (tertiary/aromatic N) is 4. The number of imidazole rings is 1. The van der Waals surface area contributed by atoms with Crippen LogP contribution < -0.4 is 15.8 Å². The third-order valence-corrected chi connectivity index (χ3v) is 4.99. The van der Waals surface area contributed by atoms with Crippen molar-refractivity contribution in [2.45, 2.75) is 6.54 Å². The number of nitrogens with two attached hydrogens (primary N) is 1. The molecule has 0 aliphatic carbocycles. The first-order chi connectivity index (χ1) is 14.7. The van der Waals surface area contributed by atoms with Crippen molar-refractivity contribution in [1.29, 1.82) is 0 Å². The lowest BCUT2D eigenvalue weighted by Gasteiger charge is -2.14. The van der Waals surface area contributed by atoms with E-state index in [2.05, 4.69) is 22.4 Å². The number of nitrogen functional groups attached to an aromatic ring is 1. The van der Waals surface area contributed by atoms with Crippen LogP contribution in [0.25, 0.3) is 27.9 Å². The SMILES string of the molecule is COc1cccc2c(NCc3ccccc3)nc(-n3c(N)nc4ccccc43)nc12. The van der Waals surface area contributed by atoms with Crippen molar-refractivity contribution in [3.63, 3.8) is 0 Å². The summed E-state index contributed by atoms with van der Waals surface area (Å²) in [6, 6.07) is 23.7. The normalized spacial score (nSPS) is 11.1. The molecule has 0 aliphatic rings. The summed E-state index contributed by atoms with van der Waals surface area (Å²) in [5.74, 6) is 2.14. The average Bonchev–Trinajstić information content (AvgIpc) is 3.13. The third kappa shape index (κ3) is 3.06. The van der Waals surface area contributed by atoms with Crippen LogP contribution in [-0.4, -0.2) is 26.6 Å². The van der Waals surface area contributed by atoms with Crippen molar-refractivity contribution in [2.75, 3.05) is 18.2 Å². The van der Waals surface area contributed by atoms with Gasteiger partial charge < -0.3 is 15.8 Å². The van der Waals surface area contributed by atoms with Gasteiger partial charge in [-0.25, -0.2) is 14.5 Å². The summed E-state index contributed by atoms with van der Waals surface area (Å²) in [5, 5.41) is 4.32. The van der Waals surface area contributed by atoms with Gasteiger partial charge in [-0.1, -0.05) is 48.5 Å². The molecule has 7 nitrogen and oxygen atoms in total. The number of methoxy groups -OCH3 is 1. The molecule has 0 bridgehead atoms. The molecular weight excluding hydrogens is 376 g/mol. The Morgan fingerprint density at radius 1 is 0.900 bits per heavy atom. The van der Waals surface area contributed by atoms with Gasteiger partial charge >= 0.3 is 0 Å². The molecule has 0 atom stereocenters. The highest BCUT2D eigenvalue weighted by Crippen LogP contribution is 2.31. The standard InChI is InChI=1S/C23H20N6O/c1-30-19-13-7-10-16-20(19)27-23(28-21(16)25-14-15-8-3-2-4-9-15)29-18-12-6-5-11-17(18)26-22(29)24/h2-13H,14H2,1H3,(H2,24,26)(H,25,27,28). The Balaban J connectivity index is 1.70. The molecule has 0 fully saturated rings. The molecule has 0 saturated heterocycles. The number of nitrogens with one attached hydrogen (secondary N) is 1. The van der Waals surface area contributed by atoms with Gasteiger partial charge in [0.15, 0.2) is 0 Å². The van der Waals surface area contributed by atoms with Gasteiger partial charge in [0.05, 0.1) is 18.1 Å².